The van der Waals surface area contributed by atoms with E-state index >= 15 is 0 Å². The molecule has 0 amide bonds. The molecule has 6 aliphatic rings. The van der Waals surface area contributed by atoms with E-state index in [2.05, 4.69) is 35.2 Å². The fraction of sp³-hybridized carbons (Fsp3) is 0.720. The third kappa shape index (κ3) is 2.82. The van der Waals surface area contributed by atoms with Gasteiger partial charge < -0.3 is 0 Å². The van der Waals surface area contributed by atoms with Crippen LogP contribution in [0.15, 0.2) is 30.3 Å². The van der Waals surface area contributed by atoms with Gasteiger partial charge in [-0.25, -0.2) is 0 Å². The van der Waals surface area contributed by atoms with Gasteiger partial charge in [-0.1, -0.05) is 30.3 Å². The first-order valence-corrected chi connectivity index (χ1v) is 11.6. The van der Waals surface area contributed by atoms with E-state index in [-0.39, 0.29) is 0 Å². The molecule has 4 saturated carbocycles. The Morgan fingerprint density at radius 2 is 1.41 bits per heavy atom. The fourth-order valence-electron chi connectivity index (χ4n) is 8.22. The van der Waals surface area contributed by atoms with Gasteiger partial charge in [0.05, 0.1) is 0 Å². The van der Waals surface area contributed by atoms with E-state index in [9.17, 15) is 4.79 Å². The van der Waals surface area contributed by atoms with Crippen molar-refractivity contribution in [1.82, 2.24) is 4.90 Å². The molecule has 2 heteroatoms. The van der Waals surface area contributed by atoms with Crippen molar-refractivity contribution in [3.05, 3.63) is 35.9 Å². The molecule has 27 heavy (non-hydrogen) atoms. The van der Waals surface area contributed by atoms with Crippen LogP contribution in [-0.2, 0) is 11.3 Å². The van der Waals surface area contributed by atoms with E-state index in [4.69, 9.17) is 0 Å². The number of carbonyl (C=O) groups excluding carboxylic acids is 1. The van der Waals surface area contributed by atoms with Gasteiger partial charge >= 0.3 is 0 Å². The van der Waals surface area contributed by atoms with Crippen LogP contribution in [0.2, 0.25) is 0 Å². The highest BCUT2D eigenvalue weighted by molar-refractivity contribution is 5.84. The maximum Gasteiger partial charge on any atom is 0.139 e. The molecule has 0 aromatic heterocycles. The molecule has 144 valence electrons. The van der Waals surface area contributed by atoms with Crippen LogP contribution in [0.1, 0.15) is 63.4 Å². The highest BCUT2D eigenvalue weighted by atomic mass is 16.1. The minimum absolute atomic E-state index is 0.372. The topological polar surface area (TPSA) is 20.3 Å². The molecule has 1 aromatic carbocycles. The Morgan fingerprint density at radius 3 is 2.00 bits per heavy atom. The van der Waals surface area contributed by atoms with Crippen LogP contribution in [0.4, 0.5) is 0 Å². The van der Waals surface area contributed by atoms with E-state index in [0.29, 0.717) is 29.7 Å². The van der Waals surface area contributed by atoms with Crippen molar-refractivity contribution in [3.63, 3.8) is 0 Å². The minimum atomic E-state index is 0.372. The lowest BCUT2D eigenvalue weighted by Crippen LogP contribution is -2.51. The number of piperidine rings is 1. The lowest BCUT2D eigenvalue weighted by Gasteiger charge is -2.54. The van der Waals surface area contributed by atoms with E-state index in [0.717, 1.165) is 43.1 Å². The van der Waals surface area contributed by atoms with Gasteiger partial charge in [0.15, 0.2) is 0 Å². The molecule has 0 spiro atoms. The highest BCUT2D eigenvalue weighted by Gasteiger charge is 2.53. The summed E-state index contributed by atoms with van der Waals surface area (Å²) in [5.74, 6) is 4.99. The molecular weight excluding hydrogens is 330 g/mol. The number of ketones is 1. The first-order chi connectivity index (χ1) is 13.2. The lowest BCUT2D eigenvalue weighted by atomic mass is 9.50. The Labute approximate surface area is 163 Å². The van der Waals surface area contributed by atoms with Crippen molar-refractivity contribution in [2.24, 2.45) is 35.5 Å². The predicted molar refractivity (Wildman–Crippen MR) is 107 cm³/mol. The van der Waals surface area contributed by atoms with Crippen LogP contribution in [-0.4, -0.2) is 22.8 Å². The molecule has 1 aromatic rings. The molecule has 2 heterocycles. The van der Waals surface area contributed by atoms with Gasteiger partial charge in [0, 0.05) is 30.5 Å². The summed E-state index contributed by atoms with van der Waals surface area (Å²) in [5.41, 5.74) is 1.43. The number of hydrogen-bond acceptors (Lipinski definition) is 2. The van der Waals surface area contributed by atoms with Crippen molar-refractivity contribution in [2.45, 2.75) is 76.4 Å². The summed E-state index contributed by atoms with van der Waals surface area (Å²) in [6.07, 6.45) is 11.9. The molecule has 6 fully saturated rings. The number of rotatable bonds is 4. The van der Waals surface area contributed by atoms with Gasteiger partial charge in [-0.05, 0) is 87.0 Å². The highest BCUT2D eigenvalue weighted by Crippen LogP contribution is 2.57. The first-order valence-electron chi connectivity index (χ1n) is 11.6. The lowest BCUT2D eigenvalue weighted by molar-refractivity contribution is -0.142. The SMILES string of the molecule is O=C(C1CC2CCC(C1)N2Cc1ccccc1)C1C2CC3CC(C2)CC1C3. The predicted octanol–water partition coefficient (Wildman–Crippen LogP) is 5.07. The van der Waals surface area contributed by atoms with Gasteiger partial charge in [0.1, 0.15) is 5.78 Å². The van der Waals surface area contributed by atoms with Crippen molar-refractivity contribution >= 4 is 5.78 Å². The zero-order chi connectivity index (χ0) is 18.0. The molecule has 0 radical (unpaired) electrons. The first kappa shape index (κ1) is 16.8. The van der Waals surface area contributed by atoms with Crippen LogP contribution < -0.4 is 0 Å². The molecule has 2 saturated heterocycles. The average Bonchev–Trinajstić information content (AvgIpc) is 2.89. The van der Waals surface area contributed by atoms with E-state index in [1.165, 1.54) is 50.5 Å². The van der Waals surface area contributed by atoms with Crippen LogP contribution in [0, 0.1) is 35.5 Å². The number of Topliss-reactive ketones (excluding diaryl/α,β-unsaturated/α-hetero) is 1. The van der Waals surface area contributed by atoms with Crippen molar-refractivity contribution in [2.75, 3.05) is 0 Å². The normalized spacial score (nSPS) is 45.3. The number of fused-ring (bicyclic) bond motifs is 2. The van der Waals surface area contributed by atoms with Crippen LogP contribution >= 0.6 is 0 Å². The Bertz CT molecular complexity index is 670. The summed E-state index contributed by atoms with van der Waals surface area (Å²) >= 11 is 0. The van der Waals surface area contributed by atoms with Crippen LogP contribution in [0.5, 0.6) is 0 Å². The second-order valence-corrected chi connectivity index (χ2v) is 10.6. The number of carbonyl (C=O) groups is 1. The third-order valence-electron chi connectivity index (χ3n) is 9.05. The minimum Gasteiger partial charge on any atom is -0.299 e. The van der Waals surface area contributed by atoms with Crippen LogP contribution in [0.3, 0.4) is 0 Å². The second kappa shape index (κ2) is 6.44. The Balaban J connectivity index is 1.16. The monoisotopic (exact) mass is 363 g/mol. The van der Waals surface area contributed by atoms with Gasteiger partial charge in [0.2, 0.25) is 0 Å². The second-order valence-electron chi connectivity index (χ2n) is 10.6. The summed E-state index contributed by atoms with van der Waals surface area (Å²) in [6.45, 7) is 1.08. The molecule has 7 rings (SSSR count). The average molecular weight is 364 g/mol. The largest absolute Gasteiger partial charge is 0.299 e. The quantitative estimate of drug-likeness (QED) is 0.744. The smallest absolute Gasteiger partial charge is 0.139 e. The zero-order valence-electron chi connectivity index (χ0n) is 16.4. The Hall–Kier alpha value is -1.15. The standard InChI is InChI=1S/C25H33NO/c27-25(24-19-9-17-8-18(11-19)12-20(24)10-17)21-13-22-6-7-23(14-21)26(22)15-16-4-2-1-3-5-16/h1-5,17-24H,6-15H2. The van der Waals surface area contributed by atoms with E-state index < -0.39 is 0 Å². The van der Waals surface area contributed by atoms with Gasteiger partial charge in [-0.2, -0.15) is 0 Å². The zero-order valence-corrected chi connectivity index (χ0v) is 16.4. The molecule has 6 bridgehead atoms. The number of nitrogens with zero attached hydrogens (tertiary/aromatic N) is 1. The van der Waals surface area contributed by atoms with Gasteiger partial charge in [-0.15, -0.1) is 0 Å². The van der Waals surface area contributed by atoms with Crippen molar-refractivity contribution in [1.29, 1.82) is 0 Å². The fourth-order valence-corrected chi connectivity index (χ4v) is 8.22. The van der Waals surface area contributed by atoms with E-state index in [1.54, 1.807) is 0 Å². The molecular formula is C25H33NO. The van der Waals surface area contributed by atoms with Gasteiger partial charge in [0.25, 0.3) is 0 Å². The number of hydrogen-bond donors (Lipinski definition) is 0. The molecule has 2 atom stereocenters. The molecule has 4 aliphatic carbocycles. The summed E-state index contributed by atoms with van der Waals surface area (Å²) in [5, 5.41) is 0. The molecule has 2 unspecified atom stereocenters. The maximum absolute atomic E-state index is 13.7. The van der Waals surface area contributed by atoms with Gasteiger partial charge in [-0.3, -0.25) is 9.69 Å². The summed E-state index contributed by atoms with van der Waals surface area (Å²) in [6, 6.07) is 12.2. The Kier molecular flexibility index (Phi) is 4.00. The summed E-state index contributed by atoms with van der Waals surface area (Å²) in [4.78, 5) is 16.4. The summed E-state index contributed by atoms with van der Waals surface area (Å²) < 4.78 is 0. The molecule has 2 nitrogen and oxygen atoms in total. The molecule has 0 N–H and O–H groups in total. The maximum atomic E-state index is 13.7. The Morgan fingerprint density at radius 1 is 0.815 bits per heavy atom. The van der Waals surface area contributed by atoms with Crippen molar-refractivity contribution < 1.29 is 4.79 Å². The molecule has 2 aliphatic heterocycles. The van der Waals surface area contributed by atoms with E-state index in [1.807, 2.05) is 0 Å². The summed E-state index contributed by atoms with van der Waals surface area (Å²) in [7, 11) is 0. The number of benzene rings is 1. The van der Waals surface area contributed by atoms with Crippen molar-refractivity contribution in [3.8, 4) is 0 Å². The van der Waals surface area contributed by atoms with Crippen LogP contribution in [0.25, 0.3) is 0 Å². The third-order valence-corrected chi connectivity index (χ3v) is 9.05.